The molecule has 0 spiro atoms. The summed E-state index contributed by atoms with van der Waals surface area (Å²) >= 11 is 0. The van der Waals surface area contributed by atoms with Gasteiger partial charge in [-0.1, -0.05) is 12.1 Å². The Balaban J connectivity index is 2.24. The van der Waals surface area contributed by atoms with Gasteiger partial charge in [-0.25, -0.2) is 0 Å². The number of H-pyrrole nitrogens is 1. The molecule has 3 heteroatoms. The molecular weight excluding hydrogens is 236 g/mol. The first kappa shape index (κ1) is 11.7. The first-order chi connectivity index (χ1) is 9.20. The van der Waals surface area contributed by atoms with Crippen molar-refractivity contribution in [3.05, 3.63) is 48.0 Å². The van der Waals surface area contributed by atoms with Gasteiger partial charge < -0.3 is 15.5 Å². The Hall–Kier alpha value is -2.42. The van der Waals surface area contributed by atoms with Crippen LogP contribution in [-0.4, -0.2) is 12.1 Å². The average Bonchev–Trinajstić information content (AvgIpc) is 2.87. The Morgan fingerprint density at radius 2 is 1.89 bits per heavy atom. The van der Waals surface area contributed by atoms with Gasteiger partial charge in [-0.3, -0.25) is 0 Å². The third-order valence-corrected chi connectivity index (χ3v) is 3.51. The molecule has 0 aliphatic heterocycles. The van der Waals surface area contributed by atoms with E-state index in [4.69, 9.17) is 10.5 Å². The number of aromatic nitrogens is 1. The van der Waals surface area contributed by atoms with E-state index < -0.39 is 0 Å². The highest BCUT2D eigenvalue weighted by Crippen LogP contribution is 2.33. The van der Waals surface area contributed by atoms with E-state index in [1.165, 1.54) is 0 Å². The molecule has 0 aliphatic carbocycles. The number of methoxy groups -OCH3 is 1. The van der Waals surface area contributed by atoms with Crippen LogP contribution in [0.15, 0.2) is 42.5 Å². The largest absolute Gasteiger partial charge is 0.496 e. The van der Waals surface area contributed by atoms with Gasteiger partial charge in [0.25, 0.3) is 0 Å². The Bertz CT molecular complexity index is 744. The molecule has 0 saturated carbocycles. The lowest BCUT2D eigenvalue weighted by atomic mass is 10.1. The highest BCUT2D eigenvalue weighted by Gasteiger charge is 2.10. The fraction of sp³-hybridized carbons (Fsp3) is 0.125. The second kappa shape index (κ2) is 4.35. The Morgan fingerprint density at radius 3 is 2.68 bits per heavy atom. The summed E-state index contributed by atoms with van der Waals surface area (Å²) in [6.07, 6.45) is 0. The summed E-state index contributed by atoms with van der Waals surface area (Å²) in [6, 6.07) is 14.0. The summed E-state index contributed by atoms with van der Waals surface area (Å²) in [5.41, 5.74) is 11.1. The number of ether oxygens (including phenoxy) is 1. The number of aromatic amines is 1. The van der Waals surface area contributed by atoms with Gasteiger partial charge in [0.05, 0.1) is 12.8 Å². The van der Waals surface area contributed by atoms with Crippen molar-refractivity contribution in [1.82, 2.24) is 4.98 Å². The number of nitrogen functional groups attached to an aromatic ring is 1. The number of anilines is 1. The third kappa shape index (κ3) is 1.83. The molecule has 0 unspecified atom stereocenters. The van der Waals surface area contributed by atoms with Crippen molar-refractivity contribution in [2.45, 2.75) is 6.92 Å². The van der Waals surface area contributed by atoms with Gasteiger partial charge in [0.15, 0.2) is 0 Å². The average molecular weight is 252 g/mol. The molecule has 19 heavy (non-hydrogen) atoms. The number of nitrogens with one attached hydrogen (secondary N) is 1. The molecule has 3 nitrogen and oxygen atoms in total. The molecule has 2 aromatic carbocycles. The van der Waals surface area contributed by atoms with Crippen LogP contribution in [0.4, 0.5) is 5.69 Å². The van der Waals surface area contributed by atoms with E-state index >= 15 is 0 Å². The summed E-state index contributed by atoms with van der Waals surface area (Å²) < 4.78 is 5.41. The first-order valence-corrected chi connectivity index (χ1v) is 6.22. The van der Waals surface area contributed by atoms with Crippen LogP contribution in [0.25, 0.3) is 22.2 Å². The third-order valence-electron chi connectivity index (χ3n) is 3.51. The van der Waals surface area contributed by atoms with Crippen LogP contribution in [0.5, 0.6) is 5.75 Å². The quantitative estimate of drug-likeness (QED) is 0.683. The van der Waals surface area contributed by atoms with Crippen molar-refractivity contribution in [3.8, 4) is 17.0 Å². The molecule has 3 N–H and O–H groups in total. The normalized spacial score (nSPS) is 10.8. The summed E-state index contributed by atoms with van der Waals surface area (Å²) in [4.78, 5) is 3.42. The lowest BCUT2D eigenvalue weighted by Gasteiger charge is -2.05. The van der Waals surface area contributed by atoms with Gasteiger partial charge in [0.1, 0.15) is 5.75 Å². The molecule has 0 fully saturated rings. The van der Waals surface area contributed by atoms with Gasteiger partial charge in [-0.15, -0.1) is 0 Å². The van der Waals surface area contributed by atoms with Crippen molar-refractivity contribution in [2.75, 3.05) is 12.8 Å². The number of benzene rings is 2. The molecule has 96 valence electrons. The Labute approximate surface area is 112 Å². The monoisotopic (exact) mass is 252 g/mol. The van der Waals surface area contributed by atoms with Crippen LogP contribution >= 0.6 is 0 Å². The van der Waals surface area contributed by atoms with Crippen molar-refractivity contribution >= 4 is 16.6 Å². The number of aryl methyl sites for hydroxylation is 1. The fourth-order valence-corrected chi connectivity index (χ4v) is 2.38. The lowest BCUT2D eigenvalue weighted by Crippen LogP contribution is -1.88. The van der Waals surface area contributed by atoms with Gasteiger partial charge in [-0.05, 0) is 42.8 Å². The van der Waals surface area contributed by atoms with Gasteiger partial charge in [0, 0.05) is 22.2 Å². The number of rotatable bonds is 2. The van der Waals surface area contributed by atoms with E-state index in [0.717, 1.165) is 39.2 Å². The van der Waals surface area contributed by atoms with Crippen LogP contribution in [0.3, 0.4) is 0 Å². The van der Waals surface area contributed by atoms with E-state index in [0.29, 0.717) is 0 Å². The number of nitrogens with two attached hydrogens (primary N) is 1. The number of para-hydroxylation sites is 1. The SMILES string of the molecule is COc1ccccc1-c1cc2c(C)c(N)ccc2[nH]1. The number of fused-ring (bicyclic) bond motifs is 1. The highest BCUT2D eigenvalue weighted by molar-refractivity contribution is 5.92. The Kier molecular flexibility index (Phi) is 2.67. The van der Waals surface area contributed by atoms with E-state index in [1.807, 2.05) is 43.3 Å². The standard InChI is InChI=1S/C16H16N2O/c1-10-12-9-15(18-14(12)8-7-13(10)17)11-5-3-4-6-16(11)19-2/h3-9,18H,17H2,1-2H3. The molecule has 1 aromatic heterocycles. The molecule has 0 aliphatic rings. The summed E-state index contributed by atoms with van der Waals surface area (Å²) in [5, 5.41) is 1.15. The zero-order chi connectivity index (χ0) is 13.4. The van der Waals surface area contributed by atoms with Crippen LogP contribution in [0.1, 0.15) is 5.56 Å². The smallest absolute Gasteiger partial charge is 0.128 e. The highest BCUT2D eigenvalue weighted by atomic mass is 16.5. The number of hydrogen-bond acceptors (Lipinski definition) is 2. The van der Waals surface area contributed by atoms with Gasteiger partial charge in [0.2, 0.25) is 0 Å². The Morgan fingerprint density at radius 1 is 1.11 bits per heavy atom. The molecule has 0 amide bonds. The van der Waals surface area contributed by atoms with E-state index in [-0.39, 0.29) is 0 Å². The summed E-state index contributed by atoms with van der Waals surface area (Å²) in [6.45, 7) is 2.04. The molecular formula is C16H16N2O. The molecule has 3 aromatic rings. The van der Waals surface area contributed by atoms with Crippen molar-refractivity contribution in [3.63, 3.8) is 0 Å². The minimum atomic E-state index is 0.818. The topological polar surface area (TPSA) is 51.0 Å². The molecule has 0 atom stereocenters. The second-order valence-electron chi connectivity index (χ2n) is 4.62. The fourth-order valence-electron chi connectivity index (χ4n) is 2.38. The zero-order valence-corrected chi connectivity index (χ0v) is 11.0. The minimum Gasteiger partial charge on any atom is -0.496 e. The predicted molar refractivity (Wildman–Crippen MR) is 79.4 cm³/mol. The van der Waals surface area contributed by atoms with Crippen molar-refractivity contribution in [1.29, 1.82) is 0 Å². The van der Waals surface area contributed by atoms with E-state index in [9.17, 15) is 0 Å². The summed E-state index contributed by atoms with van der Waals surface area (Å²) in [5.74, 6) is 0.861. The molecule has 0 saturated heterocycles. The zero-order valence-electron chi connectivity index (χ0n) is 11.0. The van der Waals surface area contributed by atoms with Gasteiger partial charge >= 0.3 is 0 Å². The predicted octanol–water partition coefficient (Wildman–Crippen LogP) is 3.73. The summed E-state index contributed by atoms with van der Waals surface area (Å²) in [7, 11) is 1.69. The maximum Gasteiger partial charge on any atom is 0.128 e. The maximum absolute atomic E-state index is 5.95. The number of hydrogen-bond donors (Lipinski definition) is 2. The van der Waals surface area contributed by atoms with Crippen molar-refractivity contribution in [2.24, 2.45) is 0 Å². The van der Waals surface area contributed by atoms with Crippen LogP contribution in [-0.2, 0) is 0 Å². The lowest BCUT2D eigenvalue weighted by molar-refractivity contribution is 0.416. The second-order valence-corrected chi connectivity index (χ2v) is 4.62. The van der Waals surface area contributed by atoms with Crippen LogP contribution in [0, 0.1) is 6.92 Å². The maximum atomic E-state index is 5.95. The molecule has 0 bridgehead atoms. The molecule has 3 rings (SSSR count). The van der Waals surface area contributed by atoms with E-state index in [1.54, 1.807) is 7.11 Å². The van der Waals surface area contributed by atoms with Crippen LogP contribution in [0.2, 0.25) is 0 Å². The van der Waals surface area contributed by atoms with Crippen LogP contribution < -0.4 is 10.5 Å². The molecule has 1 heterocycles. The molecule has 0 radical (unpaired) electrons. The van der Waals surface area contributed by atoms with Crippen molar-refractivity contribution < 1.29 is 4.74 Å². The first-order valence-electron chi connectivity index (χ1n) is 6.22. The minimum absolute atomic E-state index is 0.818. The van der Waals surface area contributed by atoms with Gasteiger partial charge in [-0.2, -0.15) is 0 Å². The van der Waals surface area contributed by atoms with E-state index in [2.05, 4.69) is 11.1 Å².